The van der Waals surface area contributed by atoms with Crippen LogP contribution >= 0.6 is 15.9 Å². The Kier molecular flexibility index (Phi) is 4.55. The molecule has 0 unspecified atom stereocenters. The molecule has 0 saturated carbocycles. The first kappa shape index (κ1) is 11.7. The van der Waals surface area contributed by atoms with Crippen molar-refractivity contribution in [2.75, 3.05) is 6.54 Å². The Balaban J connectivity index is 2.69. The quantitative estimate of drug-likeness (QED) is 0.827. The highest BCUT2D eigenvalue weighted by Crippen LogP contribution is 2.21. The number of nitrogens with two attached hydrogens (primary N) is 1. The van der Waals surface area contributed by atoms with E-state index in [9.17, 15) is 4.39 Å². The van der Waals surface area contributed by atoms with Crippen LogP contribution in [0, 0.1) is 12.7 Å². The van der Waals surface area contributed by atoms with Gasteiger partial charge in [-0.15, -0.1) is 0 Å². The summed E-state index contributed by atoms with van der Waals surface area (Å²) in [6.07, 6.45) is 3.05. The molecule has 0 aliphatic carbocycles. The Hall–Kier alpha value is -0.410. The van der Waals surface area contributed by atoms with Gasteiger partial charge in [0.05, 0.1) is 4.47 Å². The largest absolute Gasteiger partial charge is 0.330 e. The van der Waals surface area contributed by atoms with Gasteiger partial charge in [0.2, 0.25) is 0 Å². The maximum absolute atomic E-state index is 13.2. The lowest BCUT2D eigenvalue weighted by molar-refractivity contribution is 0.610. The number of hydrogen-bond acceptors (Lipinski definition) is 1. The van der Waals surface area contributed by atoms with Crippen LogP contribution in [-0.4, -0.2) is 6.54 Å². The second-order valence-electron chi connectivity index (χ2n) is 3.45. The predicted molar refractivity (Wildman–Crippen MR) is 60.8 cm³/mol. The highest BCUT2D eigenvalue weighted by molar-refractivity contribution is 9.10. The summed E-state index contributed by atoms with van der Waals surface area (Å²) in [4.78, 5) is 0. The van der Waals surface area contributed by atoms with Crippen LogP contribution < -0.4 is 5.73 Å². The van der Waals surface area contributed by atoms with E-state index in [2.05, 4.69) is 15.9 Å². The second kappa shape index (κ2) is 5.47. The van der Waals surface area contributed by atoms with Crippen molar-refractivity contribution in [3.05, 3.63) is 33.5 Å². The maximum atomic E-state index is 13.2. The molecule has 0 spiro atoms. The van der Waals surface area contributed by atoms with Crippen LogP contribution in [0.2, 0.25) is 0 Å². The summed E-state index contributed by atoms with van der Waals surface area (Å²) >= 11 is 3.21. The first-order chi connectivity index (χ1) is 6.65. The van der Waals surface area contributed by atoms with Crippen LogP contribution in [0.3, 0.4) is 0 Å². The van der Waals surface area contributed by atoms with E-state index in [0.29, 0.717) is 10.0 Å². The van der Waals surface area contributed by atoms with Crippen molar-refractivity contribution >= 4 is 15.9 Å². The van der Waals surface area contributed by atoms with Gasteiger partial charge in [-0.1, -0.05) is 6.07 Å². The van der Waals surface area contributed by atoms with Gasteiger partial charge in [0.1, 0.15) is 5.82 Å². The van der Waals surface area contributed by atoms with Crippen LogP contribution in [0.1, 0.15) is 24.0 Å². The SMILES string of the molecule is Cc1cc(CCCCN)cc(Br)c1F. The molecule has 0 aliphatic rings. The zero-order valence-electron chi connectivity index (χ0n) is 8.32. The number of aryl methyl sites for hydroxylation is 2. The van der Waals surface area contributed by atoms with Gasteiger partial charge in [-0.05, 0) is 65.9 Å². The van der Waals surface area contributed by atoms with Crippen LogP contribution in [0.15, 0.2) is 16.6 Å². The van der Waals surface area contributed by atoms with Crippen molar-refractivity contribution in [2.24, 2.45) is 5.73 Å². The summed E-state index contributed by atoms with van der Waals surface area (Å²) in [5.41, 5.74) is 7.27. The van der Waals surface area contributed by atoms with E-state index in [4.69, 9.17) is 5.73 Å². The van der Waals surface area contributed by atoms with Gasteiger partial charge < -0.3 is 5.73 Å². The molecule has 0 heterocycles. The van der Waals surface area contributed by atoms with E-state index < -0.39 is 0 Å². The molecule has 2 N–H and O–H groups in total. The lowest BCUT2D eigenvalue weighted by Crippen LogP contribution is -1.99. The Labute approximate surface area is 92.6 Å². The zero-order chi connectivity index (χ0) is 10.6. The standard InChI is InChI=1S/C11H15BrFN/c1-8-6-9(4-2-3-5-14)7-10(12)11(8)13/h6-7H,2-5,14H2,1H3. The van der Waals surface area contributed by atoms with E-state index in [1.807, 2.05) is 12.1 Å². The summed E-state index contributed by atoms with van der Waals surface area (Å²) in [7, 11) is 0. The number of hydrogen-bond donors (Lipinski definition) is 1. The van der Waals surface area contributed by atoms with E-state index in [1.54, 1.807) is 6.92 Å². The third kappa shape index (κ3) is 3.07. The van der Waals surface area contributed by atoms with E-state index >= 15 is 0 Å². The van der Waals surface area contributed by atoms with Crippen LogP contribution in [0.25, 0.3) is 0 Å². The molecule has 0 amide bonds. The molecule has 1 aromatic rings. The predicted octanol–water partition coefficient (Wildman–Crippen LogP) is 3.18. The minimum absolute atomic E-state index is 0.160. The van der Waals surface area contributed by atoms with Crippen LogP contribution in [0.4, 0.5) is 4.39 Å². The number of benzene rings is 1. The molecule has 3 heteroatoms. The topological polar surface area (TPSA) is 26.0 Å². The molecule has 1 rings (SSSR count). The number of rotatable bonds is 4. The zero-order valence-corrected chi connectivity index (χ0v) is 9.90. The van der Waals surface area contributed by atoms with Gasteiger partial charge in [-0.3, -0.25) is 0 Å². The van der Waals surface area contributed by atoms with Crippen molar-refractivity contribution in [1.82, 2.24) is 0 Å². The average molecular weight is 260 g/mol. The Morgan fingerprint density at radius 2 is 2.07 bits per heavy atom. The molecular formula is C11H15BrFN. The van der Waals surface area contributed by atoms with Crippen LogP contribution in [-0.2, 0) is 6.42 Å². The maximum Gasteiger partial charge on any atom is 0.140 e. The fraction of sp³-hybridized carbons (Fsp3) is 0.455. The van der Waals surface area contributed by atoms with Gasteiger partial charge in [0.25, 0.3) is 0 Å². The molecule has 0 atom stereocenters. The average Bonchev–Trinajstić information content (AvgIpc) is 2.14. The lowest BCUT2D eigenvalue weighted by Gasteiger charge is -2.05. The van der Waals surface area contributed by atoms with Gasteiger partial charge in [0.15, 0.2) is 0 Å². The molecule has 0 radical (unpaired) electrons. The molecule has 0 aromatic heterocycles. The first-order valence-electron chi connectivity index (χ1n) is 4.79. The Bertz CT molecular complexity index is 289. The van der Waals surface area contributed by atoms with Gasteiger partial charge in [0, 0.05) is 0 Å². The highest BCUT2D eigenvalue weighted by Gasteiger charge is 2.04. The van der Waals surface area contributed by atoms with Crippen molar-refractivity contribution < 1.29 is 4.39 Å². The third-order valence-corrected chi connectivity index (χ3v) is 2.77. The molecule has 0 aliphatic heterocycles. The third-order valence-electron chi connectivity index (χ3n) is 2.19. The molecule has 1 nitrogen and oxygen atoms in total. The van der Waals surface area contributed by atoms with Gasteiger partial charge >= 0.3 is 0 Å². The van der Waals surface area contributed by atoms with E-state index in [0.717, 1.165) is 25.8 Å². The molecular weight excluding hydrogens is 245 g/mol. The molecule has 14 heavy (non-hydrogen) atoms. The smallest absolute Gasteiger partial charge is 0.140 e. The van der Waals surface area contributed by atoms with Crippen molar-refractivity contribution in [3.63, 3.8) is 0 Å². The summed E-state index contributed by atoms with van der Waals surface area (Å²) in [6, 6.07) is 3.75. The second-order valence-corrected chi connectivity index (χ2v) is 4.31. The van der Waals surface area contributed by atoms with E-state index in [1.165, 1.54) is 5.56 Å². The van der Waals surface area contributed by atoms with Gasteiger partial charge in [-0.25, -0.2) is 4.39 Å². The Morgan fingerprint density at radius 3 is 2.64 bits per heavy atom. The van der Waals surface area contributed by atoms with Crippen LogP contribution in [0.5, 0.6) is 0 Å². The molecule has 0 fully saturated rings. The lowest BCUT2D eigenvalue weighted by atomic mass is 10.1. The van der Waals surface area contributed by atoms with Crippen molar-refractivity contribution in [3.8, 4) is 0 Å². The summed E-state index contributed by atoms with van der Waals surface area (Å²) in [5, 5.41) is 0. The van der Waals surface area contributed by atoms with Gasteiger partial charge in [-0.2, -0.15) is 0 Å². The molecule has 78 valence electrons. The summed E-state index contributed by atoms with van der Waals surface area (Å²) < 4.78 is 13.8. The fourth-order valence-electron chi connectivity index (χ4n) is 1.42. The fourth-order valence-corrected chi connectivity index (χ4v) is 2.02. The monoisotopic (exact) mass is 259 g/mol. The van der Waals surface area contributed by atoms with Crippen molar-refractivity contribution in [2.45, 2.75) is 26.2 Å². The first-order valence-corrected chi connectivity index (χ1v) is 5.59. The van der Waals surface area contributed by atoms with Crippen molar-refractivity contribution in [1.29, 1.82) is 0 Å². The minimum atomic E-state index is -0.160. The molecule has 0 saturated heterocycles. The number of halogens is 2. The summed E-state index contributed by atoms with van der Waals surface area (Å²) in [5.74, 6) is -0.160. The normalized spacial score (nSPS) is 10.6. The van der Waals surface area contributed by atoms with E-state index in [-0.39, 0.29) is 5.82 Å². The summed E-state index contributed by atoms with van der Waals surface area (Å²) in [6.45, 7) is 2.51. The Morgan fingerprint density at radius 1 is 1.36 bits per heavy atom. The highest BCUT2D eigenvalue weighted by atomic mass is 79.9. The molecule has 1 aromatic carbocycles. The number of unbranched alkanes of at least 4 members (excludes halogenated alkanes) is 1. The molecule has 0 bridgehead atoms. The minimum Gasteiger partial charge on any atom is -0.330 e.